The van der Waals surface area contributed by atoms with Crippen LogP contribution in [0, 0.1) is 0 Å². The van der Waals surface area contributed by atoms with Crippen LogP contribution in [0.1, 0.15) is 67.8 Å². The van der Waals surface area contributed by atoms with E-state index in [-0.39, 0.29) is 5.91 Å². The smallest absolute Gasteiger partial charge is 0.480 e. The van der Waals surface area contributed by atoms with Crippen molar-refractivity contribution in [1.82, 2.24) is 4.90 Å². The molecule has 1 atom stereocenters. The van der Waals surface area contributed by atoms with E-state index in [1.165, 1.54) is 16.2 Å². The number of nitrogens with two attached hydrogens (primary N) is 2. The van der Waals surface area contributed by atoms with Gasteiger partial charge in [0.25, 0.3) is 11.8 Å². The van der Waals surface area contributed by atoms with Gasteiger partial charge in [0.15, 0.2) is 0 Å². The predicted molar refractivity (Wildman–Crippen MR) is 129 cm³/mol. The molecule has 1 aliphatic carbocycles. The lowest BCUT2D eigenvalue weighted by Crippen LogP contribution is -2.30. The van der Waals surface area contributed by atoms with Gasteiger partial charge in [0.1, 0.15) is 10.9 Å². The number of carbonyl (C=O) groups excluding carboxylic acids is 2. The summed E-state index contributed by atoms with van der Waals surface area (Å²) in [7, 11) is 0. The number of aliphatic carboxylic acids is 2. The number of nitrogens with zero attached hydrogens (tertiary/aromatic N) is 1. The number of aryl methyl sites for hydroxylation is 1. The highest BCUT2D eigenvalue weighted by Gasteiger charge is 2.38. The van der Waals surface area contributed by atoms with Crippen molar-refractivity contribution in [2.45, 2.75) is 50.7 Å². The average Bonchev–Trinajstić information content (AvgIpc) is 3.52. The molecule has 202 valence electrons. The number of carboxylic acids is 2. The Morgan fingerprint density at radius 2 is 1.49 bits per heavy atom. The van der Waals surface area contributed by atoms with E-state index in [1.807, 2.05) is 11.0 Å². The first kappa shape index (κ1) is 29.8. The van der Waals surface area contributed by atoms with Gasteiger partial charge in [0, 0.05) is 18.0 Å². The zero-order valence-corrected chi connectivity index (χ0v) is 20.6. The van der Waals surface area contributed by atoms with Crippen LogP contribution in [0.3, 0.4) is 0 Å². The Labute approximate surface area is 214 Å². The first-order valence-corrected chi connectivity index (χ1v) is 12.2. The van der Waals surface area contributed by atoms with E-state index < -0.39 is 30.1 Å². The van der Waals surface area contributed by atoms with Crippen molar-refractivity contribution in [1.29, 1.82) is 0 Å². The lowest BCUT2D eigenvalue weighted by Gasteiger charge is -2.18. The van der Waals surface area contributed by atoms with E-state index in [2.05, 4.69) is 0 Å². The molecule has 0 saturated carbocycles. The van der Waals surface area contributed by atoms with Gasteiger partial charge in [-0.25, -0.2) is 4.79 Å². The molecule has 1 fully saturated rings. The molecule has 0 spiro atoms. The summed E-state index contributed by atoms with van der Waals surface area (Å²) in [6.07, 6.45) is 1.17. The van der Waals surface area contributed by atoms with Gasteiger partial charge in [-0.3, -0.25) is 14.4 Å². The third kappa shape index (κ3) is 8.29. The second kappa shape index (κ2) is 13.2. The number of likely N-dealkylation sites (tertiary alicyclic amines) is 1. The molecule has 2 aromatic rings. The zero-order valence-electron chi connectivity index (χ0n) is 19.8. The Morgan fingerprint density at radius 1 is 0.946 bits per heavy atom. The van der Waals surface area contributed by atoms with Crippen LogP contribution < -0.4 is 11.5 Å². The van der Waals surface area contributed by atoms with Gasteiger partial charge in [0.2, 0.25) is 0 Å². The number of rotatable bonds is 4. The highest BCUT2D eigenvalue weighted by atomic mass is 32.1. The van der Waals surface area contributed by atoms with Crippen molar-refractivity contribution < 1.29 is 42.6 Å². The van der Waals surface area contributed by atoms with Crippen molar-refractivity contribution in [3.63, 3.8) is 0 Å². The first-order valence-electron chi connectivity index (χ1n) is 11.4. The number of carbonyl (C=O) groups is 4. The molecular formula is C24H28F3N3O6S. The van der Waals surface area contributed by atoms with Crippen molar-refractivity contribution in [3.8, 4) is 0 Å². The van der Waals surface area contributed by atoms with E-state index in [4.69, 9.17) is 26.5 Å². The van der Waals surface area contributed by atoms with Crippen LogP contribution >= 0.6 is 11.3 Å². The molecule has 9 nitrogen and oxygen atoms in total. The summed E-state index contributed by atoms with van der Waals surface area (Å²) in [5.74, 6) is -4.20. The molecule has 13 heteroatoms. The summed E-state index contributed by atoms with van der Waals surface area (Å²) < 4.78 is 31.7. The highest BCUT2D eigenvalue weighted by molar-refractivity contribution is 7.14. The number of halogens is 3. The summed E-state index contributed by atoms with van der Waals surface area (Å²) in [6, 6.07) is 7.82. The molecule has 2 aliphatic rings. The quantitative estimate of drug-likeness (QED) is 0.459. The summed E-state index contributed by atoms with van der Waals surface area (Å²) in [4.78, 5) is 47.1. The van der Waals surface area contributed by atoms with E-state index in [0.717, 1.165) is 57.2 Å². The molecule has 1 aromatic heterocycles. The summed E-state index contributed by atoms with van der Waals surface area (Å²) in [5.41, 5.74) is 13.1. The fourth-order valence-electron chi connectivity index (χ4n) is 3.85. The molecule has 2 heterocycles. The first-order chi connectivity index (χ1) is 17.3. The fraction of sp³-hybridized carbons (Fsp3) is 0.417. The molecule has 37 heavy (non-hydrogen) atoms. The maximum atomic E-state index is 12.6. The van der Waals surface area contributed by atoms with Gasteiger partial charge >= 0.3 is 18.1 Å². The van der Waals surface area contributed by atoms with Crippen LogP contribution in [0.2, 0.25) is 0 Å². The maximum Gasteiger partial charge on any atom is 0.490 e. The molecule has 1 saturated heterocycles. The van der Waals surface area contributed by atoms with E-state index in [0.29, 0.717) is 16.0 Å². The summed E-state index contributed by atoms with van der Waals surface area (Å²) in [5, 5.41) is 15.6. The molecule has 1 aliphatic heterocycles. The van der Waals surface area contributed by atoms with Crippen molar-refractivity contribution in [3.05, 3.63) is 56.8 Å². The van der Waals surface area contributed by atoms with Crippen LogP contribution in [0.15, 0.2) is 30.3 Å². The predicted octanol–water partition coefficient (Wildman–Crippen LogP) is 3.37. The molecule has 4 rings (SSSR count). The zero-order chi connectivity index (χ0) is 27.8. The van der Waals surface area contributed by atoms with Crippen LogP contribution in [-0.2, 0) is 22.4 Å². The molecule has 0 unspecified atom stereocenters. The third-order valence-electron chi connectivity index (χ3n) is 5.67. The van der Waals surface area contributed by atoms with Crippen LogP contribution in [0.25, 0.3) is 0 Å². The number of fused-ring (bicyclic) bond motifs is 1. The van der Waals surface area contributed by atoms with Crippen molar-refractivity contribution in [2.75, 3.05) is 13.1 Å². The largest absolute Gasteiger partial charge is 0.490 e. The minimum Gasteiger partial charge on any atom is -0.480 e. The van der Waals surface area contributed by atoms with Crippen molar-refractivity contribution in [2.24, 2.45) is 11.5 Å². The number of alkyl halides is 3. The van der Waals surface area contributed by atoms with E-state index >= 15 is 0 Å². The summed E-state index contributed by atoms with van der Waals surface area (Å²) >= 11 is 1.44. The Kier molecular flexibility index (Phi) is 10.6. The Balaban J connectivity index is 0.000000227. The topological polar surface area (TPSA) is 164 Å². The number of primary amides is 1. The lowest BCUT2D eigenvalue weighted by atomic mass is 9.94. The van der Waals surface area contributed by atoms with Gasteiger partial charge in [-0.1, -0.05) is 30.3 Å². The van der Waals surface area contributed by atoms with Gasteiger partial charge in [-0.2, -0.15) is 13.2 Å². The molecule has 1 aromatic carbocycles. The minimum absolute atomic E-state index is 0.0192. The Hall–Kier alpha value is -3.45. The molecular weight excluding hydrogens is 515 g/mol. The van der Waals surface area contributed by atoms with Gasteiger partial charge in [0.05, 0.1) is 5.56 Å². The van der Waals surface area contributed by atoms with E-state index in [9.17, 15) is 27.6 Å². The van der Waals surface area contributed by atoms with Gasteiger partial charge < -0.3 is 26.6 Å². The number of thiophene rings is 1. The second-order valence-electron chi connectivity index (χ2n) is 8.31. The molecule has 0 bridgehead atoms. The molecule has 6 N–H and O–H groups in total. The van der Waals surface area contributed by atoms with Gasteiger partial charge in [-0.15, -0.1) is 11.3 Å². The van der Waals surface area contributed by atoms with Crippen LogP contribution in [-0.4, -0.2) is 58.1 Å². The Bertz CT molecular complexity index is 1110. The molecule has 2 amide bonds. The van der Waals surface area contributed by atoms with Crippen LogP contribution in [0.5, 0.6) is 0 Å². The second-order valence-corrected chi connectivity index (χ2v) is 9.41. The number of hydrogen-bond donors (Lipinski definition) is 4. The number of amides is 2. The number of benzene rings is 1. The highest BCUT2D eigenvalue weighted by Crippen LogP contribution is 2.35. The lowest BCUT2D eigenvalue weighted by molar-refractivity contribution is -0.192. The fourth-order valence-corrected chi connectivity index (χ4v) is 5.08. The average molecular weight is 544 g/mol. The van der Waals surface area contributed by atoms with E-state index in [1.54, 1.807) is 24.3 Å². The maximum absolute atomic E-state index is 12.6. The SMILES string of the molecule is NC(=O)c1sc2c(c1C(=O)N1CCCC1)CCCC2.N[C@H](C(=O)O)c1ccccc1.O=C(O)C(F)(F)F. The monoisotopic (exact) mass is 543 g/mol. The van der Waals surface area contributed by atoms with Crippen LogP contribution in [0.4, 0.5) is 13.2 Å². The van der Waals surface area contributed by atoms with Gasteiger partial charge in [-0.05, 0) is 49.7 Å². The number of carboxylic acid groups (broad SMARTS) is 2. The standard InChI is InChI=1S/C14H18N2O2S.C8H9NO2.C2HF3O2/c15-13(17)12-11(14(18)16-7-3-4-8-16)9-5-1-2-6-10(9)19-12;9-7(8(10)11)6-4-2-1-3-5-6;3-2(4,5)1(6)7/h1-8H2,(H2,15,17);1-5,7H,9H2,(H,10,11);(H,6,7)/t;7-;/m.0./s1. The Morgan fingerprint density at radius 3 is 1.97 bits per heavy atom. The normalized spacial score (nSPS) is 15.3. The minimum atomic E-state index is -5.08. The summed E-state index contributed by atoms with van der Waals surface area (Å²) in [6.45, 7) is 1.61. The number of hydrogen-bond acceptors (Lipinski definition) is 6. The van der Waals surface area contributed by atoms with Crippen molar-refractivity contribution >= 4 is 35.1 Å². The third-order valence-corrected chi connectivity index (χ3v) is 6.98. The molecule has 0 radical (unpaired) electrons.